The maximum atomic E-state index is 14.9. The standard InChI is InChI=1S/C39H43BrClN3O7S/c1-49-35-20-18-30(41)23-33(35)44(52(47,48)32-19-21-36(50-2)37(24-32)51-3)26-38(45)43(25-28-14-16-29(40)17-15-28)34(22-27-10-6-4-7-11-27)39(46)42-31-12-8-5-9-13-31/h4,6-7,10-11,14-21,23-24,31,34H,5,8-9,12-13,22,25-26H2,1-3H3,(H,42,46). The molecule has 0 saturated heterocycles. The van der Waals surface area contributed by atoms with Crippen molar-refractivity contribution in [2.24, 2.45) is 0 Å². The van der Waals surface area contributed by atoms with Gasteiger partial charge in [0.2, 0.25) is 11.8 Å². The molecule has 4 aromatic rings. The molecule has 1 aliphatic rings. The van der Waals surface area contributed by atoms with Gasteiger partial charge in [-0.3, -0.25) is 13.9 Å². The lowest BCUT2D eigenvalue weighted by molar-refractivity contribution is -0.140. The van der Waals surface area contributed by atoms with Crippen molar-refractivity contribution in [2.75, 3.05) is 32.2 Å². The molecule has 0 aliphatic heterocycles. The van der Waals surface area contributed by atoms with Crippen molar-refractivity contribution in [3.05, 3.63) is 112 Å². The number of sulfonamides is 1. The molecule has 13 heteroatoms. The molecule has 1 fully saturated rings. The van der Waals surface area contributed by atoms with Crippen molar-refractivity contribution >= 4 is 55.1 Å². The van der Waals surface area contributed by atoms with Crippen molar-refractivity contribution < 1.29 is 32.2 Å². The van der Waals surface area contributed by atoms with E-state index >= 15 is 0 Å². The third kappa shape index (κ3) is 9.58. The number of anilines is 1. The highest BCUT2D eigenvalue weighted by Crippen LogP contribution is 2.37. The zero-order chi connectivity index (χ0) is 37.3. The van der Waals surface area contributed by atoms with E-state index in [4.69, 9.17) is 25.8 Å². The fourth-order valence-electron chi connectivity index (χ4n) is 6.36. The highest BCUT2D eigenvalue weighted by atomic mass is 79.9. The Morgan fingerprint density at radius 2 is 1.48 bits per heavy atom. The first kappa shape index (κ1) is 39.0. The van der Waals surface area contributed by atoms with Gasteiger partial charge in [-0.25, -0.2) is 8.42 Å². The van der Waals surface area contributed by atoms with E-state index in [9.17, 15) is 18.0 Å². The van der Waals surface area contributed by atoms with E-state index < -0.39 is 28.5 Å². The normalized spacial score (nSPS) is 13.9. The predicted molar refractivity (Wildman–Crippen MR) is 206 cm³/mol. The summed E-state index contributed by atoms with van der Waals surface area (Å²) in [6.45, 7) is -0.634. The Hall–Kier alpha value is -4.26. The average Bonchev–Trinajstić information content (AvgIpc) is 3.16. The minimum Gasteiger partial charge on any atom is -0.495 e. The number of nitrogens with one attached hydrogen (secondary N) is 1. The Morgan fingerprint density at radius 3 is 2.13 bits per heavy atom. The molecule has 1 aliphatic carbocycles. The second kappa shape index (κ2) is 18.0. The molecule has 0 aromatic heterocycles. The molecule has 1 N–H and O–H groups in total. The molecule has 1 atom stereocenters. The SMILES string of the molecule is COc1ccc(S(=O)(=O)N(CC(=O)N(Cc2ccc(Br)cc2)C(Cc2ccccc2)C(=O)NC2CCCCC2)c2cc(Cl)ccc2OC)cc1OC. The third-order valence-electron chi connectivity index (χ3n) is 9.12. The van der Waals surface area contributed by atoms with Crippen LogP contribution in [0.25, 0.3) is 0 Å². The molecule has 1 saturated carbocycles. The zero-order valence-corrected chi connectivity index (χ0v) is 32.5. The van der Waals surface area contributed by atoms with E-state index in [0.717, 1.165) is 52.0 Å². The van der Waals surface area contributed by atoms with Crippen LogP contribution in [0.4, 0.5) is 5.69 Å². The summed E-state index contributed by atoms with van der Waals surface area (Å²) >= 11 is 9.91. The van der Waals surface area contributed by atoms with E-state index in [1.54, 1.807) is 6.07 Å². The molecule has 0 spiro atoms. The summed E-state index contributed by atoms with van der Waals surface area (Å²) in [7, 11) is -0.235. The molecule has 0 bridgehead atoms. The van der Waals surface area contributed by atoms with E-state index in [-0.39, 0.29) is 52.0 Å². The summed E-state index contributed by atoms with van der Waals surface area (Å²) in [5.74, 6) is -0.203. The smallest absolute Gasteiger partial charge is 0.265 e. The molecule has 1 unspecified atom stereocenters. The Balaban J connectivity index is 1.62. The number of carbonyl (C=O) groups is 2. The molecular weight excluding hydrogens is 770 g/mol. The van der Waals surface area contributed by atoms with Gasteiger partial charge in [0.05, 0.1) is 31.9 Å². The van der Waals surface area contributed by atoms with Gasteiger partial charge >= 0.3 is 0 Å². The maximum absolute atomic E-state index is 14.9. The second-order valence-corrected chi connectivity index (χ2v) is 15.8. The van der Waals surface area contributed by atoms with E-state index in [1.165, 1.54) is 56.6 Å². The number of halogens is 2. The lowest BCUT2D eigenvalue weighted by Gasteiger charge is -2.35. The topological polar surface area (TPSA) is 114 Å². The van der Waals surface area contributed by atoms with Gasteiger partial charge in [-0.2, -0.15) is 0 Å². The lowest BCUT2D eigenvalue weighted by Crippen LogP contribution is -2.55. The first-order valence-electron chi connectivity index (χ1n) is 17.0. The van der Waals surface area contributed by atoms with Crippen LogP contribution in [0.2, 0.25) is 5.02 Å². The second-order valence-electron chi connectivity index (χ2n) is 12.5. The fraction of sp³-hybridized carbons (Fsp3) is 0.333. The average molecular weight is 813 g/mol. The number of hydrogen-bond donors (Lipinski definition) is 1. The lowest BCUT2D eigenvalue weighted by atomic mass is 9.94. The predicted octanol–water partition coefficient (Wildman–Crippen LogP) is 7.41. The molecule has 4 aromatic carbocycles. The van der Waals surface area contributed by atoms with Crippen LogP contribution in [0.15, 0.2) is 100 Å². The summed E-state index contributed by atoms with van der Waals surface area (Å²) < 4.78 is 47.5. The van der Waals surface area contributed by atoms with Crippen LogP contribution in [0.5, 0.6) is 17.2 Å². The molecule has 2 amide bonds. The third-order valence-corrected chi connectivity index (χ3v) is 11.6. The van der Waals surface area contributed by atoms with Gasteiger partial charge in [-0.15, -0.1) is 0 Å². The quantitative estimate of drug-likeness (QED) is 0.133. The van der Waals surface area contributed by atoms with Crippen molar-refractivity contribution in [1.29, 1.82) is 0 Å². The van der Waals surface area contributed by atoms with Gasteiger partial charge in [0, 0.05) is 34.6 Å². The summed E-state index contributed by atoms with van der Waals surface area (Å²) in [6.07, 6.45) is 5.07. The number of hydrogen-bond acceptors (Lipinski definition) is 7. The van der Waals surface area contributed by atoms with E-state index in [2.05, 4.69) is 21.2 Å². The van der Waals surface area contributed by atoms with Crippen LogP contribution in [0, 0.1) is 0 Å². The maximum Gasteiger partial charge on any atom is 0.265 e. The molecule has 0 radical (unpaired) electrons. The highest BCUT2D eigenvalue weighted by Gasteiger charge is 2.36. The fourth-order valence-corrected chi connectivity index (χ4v) is 8.22. The number of carbonyl (C=O) groups excluding carboxylic acids is 2. The van der Waals surface area contributed by atoms with Crippen LogP contribution in [-0.2, 0) is 32.6 Å². The van der Waals surface area contributed by atoms with Crippen molar-refractivity contribution in [3.8, 4) is 17.2 Å². The number of nitrogens with zero attached hydrogens (tertiary/aromatic N) is 2. The number of rotatable bonds is 15. The first-order chi connectivity index (χ1) is 25.0. The minimum atomic E-state index is -4.49. The first-order valence-corrected chi connectivity index (χ1v) is 19.6. The Labute approximate surface area is 319 Å². The molecule has 52 heavy (non-hydrogen) atoms. The summed E-state index contributed by atoms with van der Waals surface area (Å²) in [5.41, 5.74) is 1.66. The zero-order valence-electron chi connectivity index (χ0n) is 29.4. The molecular formula is C39H43BrClN3O7S. The summed E-state index contributed by atoms with van der Waals surface area (Å²) in [6, 6.07) is 24.7. The highest BCUT2D eigenvalue weighted by molar-refractivity contribution is 9.10. The summed E-state index contributed by atoms with van der Waals surface area (Å²) in [5, 5.41) is 3.46. The molecule has 10 nitrogen and oxygen atoms in total. The molecule has 5 rings (SSSR count). The van der Waals surface area contributed by atoms with Gasteiger partial charge in [-0.1, -0.05) is 89.3 Å². The van der Waals surface area contributed by atoms with Crippen molar-refractivity contribution in [1.82, 2.24) is 10.2 Å². The van der Waals surface area contributed by atoms with Gasteiger partial charge in [0.15, 0.2) is 11.5 Å². The van der Waals surface area contributed by atoms with E-state index in [1.807, 2.05) is 54.6 Å². The Bertz CT molecular complexity index is 1940. The Kier molecular flexibility index (Phi) is 13.5. The van der Waals surface area contributed by atoms with Gasteiger partial charge in [0.25, 0.3) is 10.0 Å². The number of amides is 2. The monoisotopic (exact) mass is 811 g/mol. The van der Waals surface area contributed by atoms with Crippen molar-refractivity contribution in [2.45, 2.75) is 62.0 Å². The largest absolute Gasteiger partial charge is 0.495 e. The molecule has 276 valence electrons. The van der Waals surface area contributed by atoms with Gasteiger partial charge < -0.3 is 24.4 Å². The van der Waals surface area contributed by atoms with Crippen LogP contribution < -0.4 is 23.8 Å². The van der Waals surface area contributed by atoms with E-state index in [0.29, 0.717) is 5.75 Å². The Morgan fingerprint density at radius 1 is 0.827 bits per heavy atom. The summed E-state index contributed by atoms with van der Waals surface area (Å²) in [4.78, 5) is 30.6. The van der Waals surface area contributed by atoms with Gasteiger partial charge in [0.1, 0.15) is 18.3 Å². The van der Waals surface area contributed by atoms with Crippen LogP contribution in [0.3, 0.4) is 0 Å². The number of ether oxygens (including phenoxy) is 3. The number of benzene rings is 4. The molecule has 0 heterocycles. The minimum absolute atomic E-state index is 0.0122. The van der Waals surface area contributed by atoms with Crippen LogP contribution >= 0.6 is 27.5 Å². The van der Waals surface area contributed by atoms with Crippen molar-refractivity contribution in [3.63, 3.8) is 0 Å². The van der Waals surface area contributed by atoms with Crippen LogP contribution in [-0.4, -0.2) is 65.1 Å². The van der Waals surface area contributed by atoms with Crippen LogP contribution in [0.1, 0.15) is 43.2 Å². The van der Waals surface area contributed by atoms with Gasteiger partial charge in [-0.05, 0) is 66.4 Å². The number of methoxy groups -OCH3 is 3.